The van der Waals surface area contributed by atoms with Crippen LogP contribution in [0.1, 0.15) is 52.2 Å². The number of ketones is 1. The first kappa shape index (κ1) is 19.3. The van der Waals surface area contributed by atoms with E-state index in [4.69, 9.17) is 0 Å². The largest absolute Gasteiger partial charge is 0.302 e. The summed E-state index contributed by atoms with van der Waals surface area (Å²) >= 11 is 0. The van der Waals surface area contributed by atoms with Crippen LogP contribution in [-0.2, 0) is 16.8 Å². The van der Waals surface area contributed by atoms with E-state index in [1.165, 1.54) is 0 Å². The van der Waals surface area contributed by atoms with Crippen molar-refractivity contribution in [3.63, 3.8) is 0 Å². The number of nitrogens with zero attached hydrogens (tertiary/aromatic N) is 3. The van der Waals surface area contributed by atoms with Crippen molar-refractivity contribution in [3.05, 3.63) is 46.0 Å². The van der Waals surface area contributed by atoms with Gasteiger partial charge >= 0.3 is 0 Å². The summed E-state index contributed by atoms with van der Waals surface area (Å²) in [6.45, 7) is 11.4. The summed E-state index contributed by atoms with van der Waals surface area (Å²) in [5.74, 6) is 0.469. The van der Waals surface area contributed by atoms with Gasteiger partial charge in [-0.1, -0.05) is 27.7 Å². The molecule has 5 heteroatoms. The number of pyridine rings is 1. The fourth-order valence-electron chi connectivity index (χ4n) is 3.13. The molecular formula is C20H29N3O2. The Balaban J connectivity index is 2.21. The molecule has 2 aromatic rings. The Bertz CT molecular complexity index is 818. The smallest absolute Gasteiger partial charge is 0.262 e. The topological polar surface area (TPSA) is 54.7 Å². The summed E-state index contributed by atoms with van der Waals surface area (Å²) in [6.07, 6.45) is 4.05. The Morgan fingerprint density at radius 1 is 1.36 bits per heavy atom. The van der Waals surface area contributed by atoms with Crippen LogP contribution >= 0.6 is 0 Å². The molecule has 2 rings (SSSR count). The van der Waals surface area contributed by atoms with Crippen LogP contribution < -0.4 is 5.56 Å². The molecule has 1 atom stereocenters. The van der Waals surface area contributed by atoms with Gasteiger partial charge in [-0.2, -0.15) is 0 Å². The van der Waals surface area contributed by atoms with Crippen molar-refractivity contribution < 1.29 is 4.79 Å². The van der Waals surface area contributed by atoms with Gasteiger partial charge in [0.1, 0.15) is 11.4 Å². The van der Waals surface area contributed by atoms with E-state index in [9.17, 15) is 9.59 Å². The number of hydrogen-bond acceptors (Lipinski definition) is 4. The molecule has 0 bridgehead atoms. The Kier molecular flexibility index (Phi) is 5.78. The number of carbonyl (C=O) groups excluding carboxylic acids is 1. The Hall–Kier alpha value is -2.01. The first-order valence-electron chi connectivity index (χ1n) is 8.76. The molecule has 0 aliphatic rings. The van der Waals surface area contributed by atoms with Gasteiger partial charge in [-0.15, -0.1) is 0 Å². The van der Waals surface area contributed by atoms with Crippen molar-refractivity contribution in [2.24, 2.45) is 5.92 Å². The second-order valence-corrected chi connectivity index (χ2v) is 8.19. The number of aromatic nitrogens is 2. The van der Waals surface area contributed by atoms with E-state index in [1.54, 1.807) is 17.5 Å². The maximum atomic E-state index is 12.7. The van der Waals surface area contributed by atoms with Crippen LogP contribution in [0.25, 0.3) is 5.65 Å². The molecule has 0 saturated heterocycles. The lowest BCUT2D eigenvalue weighted by molar-refractivity contribution is -0.117. The van der Waals surface area contributed by atoms with Crippen LogP contribution in [0.4, 0.5) is 0 Å². The van der Waals surface area contributed by atoms with Crippen molar-refractivity contribution in [2.45, 2.75) is 53.0 Å². The monoisotopic (exact) mass is 343 g/mol. The maximum Gasteiger partial charge on any atom is 0.262 e. The SMILES string of the molecule is CC(=O)C[C@@H](C)CN(C)Cc1cnc2cc(C(C)(C)C)ccn2c1=O. The van der Waals surface area contributed by atoms with Crippen molar-refractivity contribution in [2.75, 3.05) is 13.6 Å². The van der Waals surface area contributed by atoms with Crippen LogP contribution in [0, 0.1) is 5.92 Å². The Morgan fingerprint density at radius 3 is 2.64 bits per heavy atom. The number of hydrogen-bond donors (Lipinski definition) is 0. The Labute approximate surface area is 149 Å². The molecule has 0 unspecified atom stereocenters. The van der Waals surface area contributed by atoms with Crippen molar-refractivity contribution in [3.8, 4) is 0 Å². The first-order valence-corrected chi connectivity index (χ1v) is 8.76. The Morgan fingerprint density at radius 2 is 2.04 bits per heavy atom. The van der Waals surface area contributed by atoms with E-state index in [0.29, 0.717) is 24.2 Å². The summed E-state index contributed by atoms with van der Waals surface area (Å²) < 4.78 is 1.61. The van der Waals surface area contributed by atoms with Gasteiger partial charge < -0.3 is 9.69 Å². The first-order chi connectivity index (χ1) is 11.6. The molecule has 0 aromatic carbocycles. The van der Waals surface area contributed by atoms with E-state index in [1.807, 2.05) is 25.4 Å². The zero-order chi connectivity index (χ0) is 18.8. The molecule has 0 amide bonds. The minimum absolute atomic E-state index is 0.0191. The molecule has 5 nitrogen and oxygen atoms in total. The van der Waals surface area contributed by atoms with E-state index in [0.717, 1.165) is 12.1 Å². The van der Waals surface area contributed by atoms with Gasteiger partial charge in [-0.25, -0.2) is 4.98 Å². The molecule has 0 spiro atoms. The highest BCUT2D eigenvalue weighted by Gasteiger charge is 2.16. The maximum absolute atomic E-state index is 12.7. The number of carbonyl (C=O) groups is 1. The quantitative estimate of drug-likeness (QED) is 0.809. The third-order valence-electron chi connectivity index (χ3n) is 4.35. The number of Topliss-reactive ketones (excluding diaryl/α,β-unsaturated/α-hetero) is 1. The molecule has 0 radical (unpaired) electrons. The van der Waals surface area contributed by atoms with E-state index in [2.05, 4.69) is 37.6 Å². The van der Waals surface area contributed by atoms with Gasteiger partial charge in [0.15, 0.2) is 0 Å². The molecule has 25 heavy (non-hydrogen) atoms. The molecule has 2 heterocycles. The molecule has 136 valence electrons. The van der Waals surface area contributed by atoms with Gasteiger partial charge in [-0.05, 0) is 43.0 Å². The molecular weight excluding hydrogens is 314 g/mol. The van der Waals surface area contributed by atoms with Gasteiger partial charge in [0.05, 0.1) is 5.56 Å². The standard InChI is InChI=1S/C20H29N3O2/c1-14(9-15(2)24)12-22(6)13-16-11-21-18-10-17(20(3,4)5)7-8-23(18)19(16)25/h7-8,10-11,14H,9,12-13H2,1-6H3/t14-/m1/s1. The highest BCUT2D eigenvalue weighted by molar-refractivity contribution is 5.75. The van der Waals surface area contributed by atoms with Gasteiger partial charge in [-0.3, -0.25) is 9.20 Å². The van der Waals surface area contributed by atoms with Gasteiger partial charge in [0.25, 0.3) is 5.56 Å². The lowest BCUT2D eigenvalue weighted by Crippen LogP contribution is -2.29. The van der Waals surface area contributed by atoms with E-state index >= 15 is 0 Å². The molecule has 0 aliphatic heterocycles. The van der Waals surface area contributed by atoms with Crippen molar-refractivity contribution in [1.82, 2.24) is 14.3 Å². The summed E-state index contributed by atoms with van der Waals surface area (Å²) in [6, 6.07) is 3.96. The predicted octanol–water partition coefficient (Wildman–Crippen LogP) is 3.04. The highest BCUT2D eigenvalue weighted by Crippen LogP contribution is 2.22. The minimum Gasteiger partial charge on any atom is -0.302 e. The van der Waals surface area contributed by atoms with Crippen LogP contribution in [0.2, 0.25) is 0 Å². The van der Waals surface area contributed by atoms with E-state index in [-0.39, 0.29) is 22.7 Å². The zero-order valence-corrected chi connectivity index (χ0v) is 16.2. The molecule has 2 aromatic heterocycles. The number of fused-ring (bicyclic) bond motifs is 1. The van der Waals surface area contributed by atoms with Crippen molar-refractivity contribution >= 4 is 11.4 Å². The minimum atomic E-state index is -0.0310. The van der Waals surface area contributed by atoms with Crippen molar-refractivity contribution in [1.29, 1.82) is 0 Å². The second kappa shape index (κ2) is 7.48. The summed E-state index contributed by atoms with van der Waals surface area (Å²) in [7, 11) is 1.97. The van der Waals surface area contributed by atoms with Gasteiger partial charge in [0.2, 0.25) is 0 Å². The lowest BCUT2D eigenvalue weighted by Gasteiger charge is -2.21. The average Bonchev–Trinajstić information content (AvgIpc) is 2.47. The fraction of sp³-hybridized carbons (Fsp3) is 0.550. The van der Waals surface area contributed by atoms with Gasteiger partial charge in [0, 0.05) is 31.9 Å². The average molecular weight is 343 g/mol. The summed E-state index contributed by atoms with van der Waals surface area (Å²) in [5, 5.41) is 0. The van der Waals surface area contributed by atoms with Crippen LogP contribution in [0.15, 0.2) is 29.3 Å². The fourth-order valence-corrected chi connectivity index (χ4v) is 3.13. The third kappa shape index (κ3) is 4.98. The summed E-state index contributed by atoms with van der Waals surface area (Å²) in [5.41, 5.74) is 2.48. The highest BCUT2D eigenvalue weighted by atomic mass is 16.1. The normalized spacial score (nSPS) is 13.4. The molecule has 0 saturated carbocycles. The van der Waals surface area contributed by atoms with Crippen LogP contribution in [-0.4, -0.2) is 33.7 Å². The zero-order valence-electron chi connectivity index (χ0n) is 16.2. The second-order valence-electron chi connectivity index (χ2n) is 8.19. The predicted molar refractivity (Wildman–Crippen MR) is 101 cm³/mol. The lowest BCUT2D eigenvalue weighted by atomic mass is 9.88. The van der Waals surface area contributed by atoms with Crippen LogP contribution in [0.3, 0.4) is 0 Å². The van der Waals surface area contributed by atoms with E-state index < -0.39 is 0 Å². The summed E-state index contributed by atoms with van der Waals surface area (Å²) in [4.78, 5) is 30.5. The number of rotatable bonds is 6. The van der Waals surface area contributed by atoms with Crippen LogP contribution in [0.5, 0.6) is 0 Å². The molecule has 0 N–H and O–H groups in total. The molecule has 0 fully saturated rings. The molecule has 0 aliphatic carbocycles. The third-order valence-corrected chi connectivity index (χ3v) is 4.35.